The third-order valence-electron chi connectivity index (χ3n) is 4.71. The third kappa shape index (κ3) is 13.5. The van der Waals surface area contributed by atoms with Crippen molar-refractivity contribution in [1.29, 1.82) is 0 Å². The van der Waals surface area contributed by atoms with Gasteiger partial charge in [-0.1, -0.05) is 82.6 Å². The van der Waals surface area contributed by atoms with Gasteiger partial charge in [0, 0.05) is 0 Å². The second-order valence-electron chi connectivity index (χ2n) is 7.18. The molecule has 0 aliphatic heterocycles. The third-order valence-corrected chi connectivity index (χ3v) is 5.23. The number of unbranched alkanes of at least 4 members (excludes halogenated alkanes) is 9. The molecule has 5 heteroatoms. The van der Waals surface area contributed by atoms with Gasteiger partial charge < -0.3 is 9.79 Å². The molecule has 2 N–H and O–H groups in total. The van der Waals surface area contributed by atoms with Crippen LogP contribution in [0.4, 0.5) is 0 Å². The minimum atomic E-state index is -4.29. The van der Waals surface area contributed by atoms with E-state index < -0.39 is 7.82 Å². The number of rotatable bonds is 16. The zero-order chi connectivity index (χ0) is 19.1. The van der Waals surface area contributed by atoms with Crippen LogP contribution >= 0.6 is 7.82 Å². The lowest BCUT2D eigenvalue weighted by Gasteiger charge is -2.06. The molecule has 1 rings (SSSR count). The molecular weight excluding hydrogens is 347 g/mol. The zero-order valence-electron chi connectivity index (χ0n) is 16.4. The topological polar surface area (TPSA) is 66.8 Å². The maximum absolute atomic E-state index is 10.5. The van der Waals surface area contributed by atoms with Gasteiger partial charge in [-0.05, 0) is 43.2 Å². The summed E-state index contributed by atoms with van der Waals surface area (Å²) >= 11 is 0. The van der Waals surface area contributed by atoms with E-state index in [1.165, 1.54) is 56.1 Å². The van der Waals surface area contributed by atoms with Crippen LogP contribution in [0.25, 0.3) is 0 Å². The fourth-order valence-electron chi connectivity index (χ4n) is 3.13. The molecule has 0 aliphatic rings. The number of hydrogen-bond acceptors (Lipinski definition) is 2. The summed E-state index contributed by atoms with van der Waals surface area (Å²) < 4.78 is 15.0. The Morgan fingerprint density at radius 3 is 1.62 bits per heavy atom. The molecule has 4 nitrogen and oxygen atoms in total. The molecule has 0 amide bonds. The Morgan fingerprint density at radius 2 is 1.15 bits per heavy atom. The molecule has 0 bridgehead atoms. The lowest BCUT2D eigenvalue weighted by atomic mass is 10.0. The normalized spacial score (nSPS) is 11.8. The van der Waals surface area contributed by atoms with Gasteiger partial charge in [-0.2, -0.15) is 0 Å². The number of phosphoric acid groups is 1. The summed E-state index contributed by atoms with van der Waals surface area (Å²) in [5.74, 6) is 0. The van der Waals surface area contributed by atoms with Gasteiger partial charge in [-0.15, -0.1) is 0 Å². The Balaban J connectivity index is 2.02. The first-order chi connectivity index (χ1) is 12.5. The van der Waals surface area contributed by atoms with Gasteiger partial charge in [0.25, 0.3) is 0 Å². The van der Waals surface area contributed by atoms with Gasteiger partial charge >= 0.3 is 7.82 Å². The second-order valence-corrected chi connectivity index (χ2v) is 8.42. The lowest BCUT2D eigenvalue weighted by Crippen LogP contribution is -1.93. The van der Waals surface area contributed by atoms with Crippen molar-refractivity contribution < 1.29 is 18.9 Å². The molecule has 0 heterocycles. The van der Waals surface area contributed by atoms with Gasteiger partial charge in [-0.25, -0.2) is 4.57 Å². The van der Waals surface area contributed by atoms with Crippen LogP contribution in [-0.4, -0.2) is 16.4 Å². The first kappa shape index (κ1) is 23.4. The van der Waals surface area contributed by atoms with Crippen molar-refractivity contribution in [2.45, 2.75) is 90.4 Å². The molecule has 0 aromatic heterocycles. The van der Waals surface area contributed by atoms with Crippen LogP contribution in [0, 0.1) is 0 Å². The van der Waals surface area contributed by atoms with Crippen LogP contribution in [0.15, 0.2) is 24.3 Å². The standard InChI is InChI=1S/C21H37O4P/c1-2-3-4-5-7-10-13-20-15-17-21(18-16-20)14-11-8-6-9-12-19-25-26(22,23)24/h15-18H,2-14,19H2,1H3,(H2,22,23,24). The first-order valence-electron chi connectivity index (χ1n) is 10.3. The molecule has 0 unspecified atom stereocenters. The Hall–Kier alpha value is -0.670. The minimum Gasteiger partial charge on any atom is -0.303 e. The molecule has 0 spiro atoms. The lowest BCUT2D eigenvalue weighted by molar-refractivity contribution is 0.193. The summed E-state index contributed by atoms with van der Waals surface area (Å²) in [6.07, 6.45) is 15.4. The van der Waals surface area contributed by atoms with E-state index in [4.69, 9.17) is 9.79 Å². The molecule has 0 saturated heterocycles. The first-order valence-corrected chi connectivity index (χ1v) is 11.8. The van der Waals surface area contributed by atoms with Crippen molar-refractivity contribution in [2.24, 2.45) is 0 Å². The summed E-state index contributed by atoms with van der Waals surface area (Å²) in [5.41, 5.74) is 2.86. The summed E-state index contributed by atoms with van der Waals surface area (Å²) in [7, 11) is -4.29. The van der Waals surface area contributed by atoms with E-state index in [0.29, 0.717) is 6.42 Å². The molecule has 150 valence electrons. The van der Waals surface area contributed by atoms with Crippen molar-refractivity contribution in [3.8, 4) is 0 Å². The fraction of sp³-hybridized carbons (Fsp3) is 0.714. The zero-order valence-corrected chi connectivity index (χ0v) is 17.3. The van der Waals surface area contributed by atoms with Crippen molar-refractivity contribution >= 4 is 7.82 Å². The molecule has 26 heavy (non-hydrogen) atoms. The van der Waals surface area contributed by atoms with E-state index in [0.717, 1.165) is 32.1 Å². The van der Waals surface area contributed by atoms with Crippen LogP contribution in [0.5, 0.6) is 0 Å². The highest BCUT2D eigenvalue weighted by Gasteiger charge is 2.12. The Morgan fingerprint density at radius 1 is 0.731 bits per heavy atom. The number of phosphoric ester groups is 1. The maximum Gasteiger partial charge on any atom is 0.469 e. The largest absolute Gasteiger partial charge is 0.469 e. The van der Waals surface area contributed by atoms with E-state index in [1.807, 2.05) is 0 Å². The van der Waals surface area contributed by atoms with Crippen molar-refractivity contribution in [3.63, 3.8) is 0 Å². The van der Waals surface area contributed by atoms with E-state index in [-0.39, 0.29) is 6.61 Å². The molecule has 0 fully saturated rings. The van der Waals surface area contributed by atoms with E-state index in [9.17, 15) is 4.57 Å². The number of aryl methyl sites for hydroxylation is 2. The summed E-state index contributed by atoms with van der Waals surface area (Å²) in [6.45, 7) is 2.40. The summed E-state index contributed by atoms with van der Waals surface area (Å²) in [6, 6.07) is 9.09. The van der Waals surface area contributed by atoms with Gasteiger partial charge in [0.15, 0.2) is 0 Å². The Kier molecular flexibility index (Phi) is 12.9. The molecule has 1 aromatic carbocycles. The highest BCUT2D eigenvalue weighted by atomic mass is 31.2. The van der Waals surface area contributed by atoms with E-state index in [2.05, 4.69) is 35.7 Å². The fourth-order valence-corrected chi connectivity index (χ4v) is 3.49. The maximum atomic E-state index is 10.5. The van der Waals surface area contributed by atoms with Crippen molar-refractivity contribution in [3.05, 3.63) is 35.4 Å². The smallest absolute Gasteiger partial charge is 0.303 e. The Bertz CT molecular complexity index is 495. The quantitative estimate of drug-likeness (QED) is 0.263. The predicted molar refractivity (Wildman–Crippen MR) is 108 cm³/mol. The van der Waals surface area contributed by atoms with Gasteiger partial charge in [0.2, 0.25) is 0 Å². The second kappa shape index (κ2) is 14.4. The van der Waals surface area contributed by atoms with Crippen LogP contribution in [0.2, 0.25) is 0 Å². The monoisotopic (exact) mass is 384 g/mol. The highest BCUT2D eigenvalue weighted by molar-refractivity contribution is 7.46. The molecular formula is C21H37O4P. The molecule has 0 atom stereocenters. The average molecular weight is 384 g/mol. The number of hydrogen-bond donors (Lipinski definition) is 2. The van der Waals surface area contributed by atoms with Crippen LogP contribution < -0.4 is 0 Å². The van der Waals surface area contributed by atoms with Gasteiger partial charge in [-0.3, -0.25) is 4.52 Å². The molecule has 1 aromatic rings. The summed E-state index contributed by atoms with van der Waals surface area (Å²) in [4.78, 5) is 17.2. The van der Waals surface area contributed by atoms with Crippen molar-refractivity contribution in [2.75, 3.05) is 6.61 Å². The summed E-state index contributed by atoms with van der Waals surface area (Å²) in [5, 5.41) is 0. The Labute approximate surface area is 159 Å². The molecule has 0 aliphatic carbocycles. The number of benzene rings is 1. The van der Waals surface area contributed by atoms with Gasteiger partial charge in [0.1, 0.15) is 0 Å². The molecule has 0 radical (unpaired) electrons. The minimum absolute atomic E-state index is 0.143. The van der Waals surface area contributed by atoms with Crippen molar-refractivity contribution in [1.82, 2.24) is 0 Å². The van der Waals surface area contributed by atoms with Crippen LogP contribution in [0.1, 0.15) is 88.7 Å². The molecule has 0 saturated carbocycles. The van der Waals surface area contributed by atoms with E-state index >= 15 is 0 Å². The predicted octanol–water partition coefficient (Wildman–Crippen LogP) is 6.19. The van der Waals surface area contributed by atoms with Crippen LogP contribution in [-0.2, 0) is 21.9 Å². The SMILES string of the molecule is CCCCCCCCc1ccc(CCCCCCCOP(=O)(O)O)cc1. The van der Waals surface area contributed by atoms with E-state index in [1.54, 1.807) is 0 Å². The van der Waals surface area contributed by atoms with Gasteiger partial charge in [0.05, 0.1) is 6.61 Å². The highest BCUT2D eigenvalue weighted by Crippen LogP contribution is 2.35. The average Bonchev–Trinajstić information content (AvgIpc) is 2.60. The van der Waals surface area contributed by atoms with Crippen LogP contribution in [0.3, 0.4) is 0 Å².